The molecule has 34 heavy (non-hydrogen) atoms. The zero-order valence-corrected chi connectivity index (χ0v) is 19.0. The zero-order chi connectivity index (χ0) is 23.7. The number of rotatable bonds is 6. The van der Waals surface area contributed by atoms with E-state index in [4.69, 9.17) is 4.74 Å². The molecule has 0 radical (unpaired) electrons. The highest BCUT2D eigenvalue weighted by Gasteiger charge is 2.42. The molecule has 0 aliphatic carbocycles. The van der Waals surface area contributed by atoms with Crippen LogP contribution in [0.1, 0.15) is 30.0 Å². The van der Waals surface area contributed by atoms with Crippen LogP contribution in [0, 0.1) is 5.82 Å². The molecule has 0 N–H and O–H groups in total. The van der Waals surface area contributed by atoms with Crippen LogP contribution in [0.4, 0.5) is 10.1 Å². The van der Waals surface area contributed by atoms with Gasteiger partial charge in [-0.1, -0.05) is 42.5 Å². The number of anilines is 1. The SMILES string of the molecule is CCOc1ccc(C2=C(N3CCCc4ccccc43)C(=O)N(Cc3ccc(F)cc3)C2=O)cc1. The largest absolute Gasteiger partial charge is 0.494 e. The van der Waals surface area contributed by atoms with E-state index < -0.39 is 0 Å². The number of aryl methyl sites for hydroxylation is 1. The van der Waals surface area contributed by atoms with Crippen molar-refractivity contribution in [3.05, 3.63) is 101 Å². The van der Waals surface area contributed by atoms with E-state index in [0.717, 1.165) is 24.1 Å². The Hall–Kier alpha value is -3.93. The zero-order valence-electron chi connectivity index (χ0n) is 19.0. The molecule has 0 aromatic heterocycles. The summed E-state index contributed by atoms with van der Waals surface area (Å²) in [6, 6.07) is 21.1. The van der Waals surface area contributed by atoms with Gasteiger partial charge in [0.25, 0.3) is 11.8 Å². The molecule has 2 aliphatic rings. The summed E-state index contributed by atoms with van der Waals surface area (Å²) in [4.78, 5) is 30.7. The molecular formula is C28H25FN2O3. The molecule has 0 saturated carbocycles. The third-order valence-corrected chi connectivity index (χ3v) is 6.23. The van der Waals surface area contributed by atoms with Gasteiger partial charge in [-0.15, -0.1) is 0 Å². The number of carbonyl (C=O) groups is 2. The van der Waals surface area contributed by atoms with Crippen molar-refractivity contribution in [3.63, 3.8) is 0 Å². The van der Waals surface area contributed by atoms with Crippen molar-refractivity contribution in [3.8, 4) is 5.75 Å². The standard InChI is InChI=1S/C28H25FN2O3/c1-2-34-23-15-11-21(12-16-23)25-26(30-17-5-7-20-6-3-4-8-24(20)30)28(33)31(27(25)32)18-19-9-13-22(29)14-10-19/h3-4,6,8-16H,2,5,7,17-18H2,1H3. The predicted molar refractivity (Wildman–Crippen MR) is 129 cm³/mol. The summed E-state index contributed by atoms with van der Waals surface area (Å²) in [5, 5.41) is 0. The first kappa shape index (κ1) is 21.9. The lowest BCUT2D eigenvalue weighted by Crippen LogP contribution is -2.36. The quantitative estimate of drug-likeness (QED) is 0.492. The maximum atomic E-state index is 13.8. The number of ether oxygens (including phenoxy) is 1. The molecule has 172 valence electrons. The van der Waals surface area contributed by atoms with Gasteiger partial charge in [-0.3, -0.25) is 14.5 Å². The average molecular weight is 457 g/mol. The summed E-state index contributed by atoms with van der Waals surface area (Å²) in [5.41, 5.74) is 4.24. The third-order valence-electron chi connectivity index (χ3n) is 6.23. The molecule has 0 fully saturated rings. The van der Waals surface area contributed by atoms with Crippen molar-refractivity contribution >= 4 is 23.1 Å². The summed E-state index contributed by atoms with van der Waals surface area (Å²) in [6.45, 7) is 3.18. The average Bonchev–Trinajstić information content (AvgIpc) is 3.10. The minimum absolute atomic E-state index is 0.0808. The van der Waals surface area contributed by atoms with Gasteiger partial charge < -0.3 is 9.64 Å². The fourth-order valence-electron chi connectivity index (χ4n) is 4.64. The van der Waals surface area contributed by atoms with Crippen LogP contribution >= 0.6 is 0 Å². The molecule has 5 nitrogen and oxygen atoms in total. The number of halogens is 1. The number of benzene rings is 3. The second-order valence-electron chi connectivity index (χ2n) is 8.39. The van der Waals surface area contributed by atoms with Crippen molar-refractivity contribution in [1.82, 2.24) is 4.90 Å². The highest BCUT2D eigenvalue weighted by molar-refractivity contribution is 6.36. The molecule has 0 unspecified atom stereocenters. The van der Waals surface area contributed by atoms with Crippen LogP contribution in [0.3, 0.4) is 0 Å². The van der Waals surface area contributed by atoms with Crippen LogP contribution in [0.5, 0.6) is 5.75 Å². The first-order valence-electron chi connectivity index (χ1n) is 11.5. The van der Waals surface area contributed by atoms with Gasteiger partial charge >= 0.3 is 0 Å². The number of fused-ring (bicyclic) bond motifs is 1. The van der Waals surface area contributed by atoms with Crippen LogP contribution < -0.4 is 9.64 Å². The first-order valence-corrected chi connectivity index (χ1v) is 11.5. The maximum Gasteiger partial charge on any atom is 0.278 e. The number of para-hydroxylation sites is 1. The lowest BCUT2D eigenvalue weighted by Gasteiger charge is -2.32. The molecule has 2 heterocycles. The molecule has 6 heteroatoms. The van der Waals surface area contributed by atoms with Crippen LogP contribution in [0.2, 0.25) is 0 Å². The second-order valence-corrected chi connectivity index (χ2v) is 8.39. The van der Waals surface area contributed by atoms with E-state index in [1.807, 2.05) is 54.3 Å². The predicted octanol–water partition coefficient (Wildman–Crippen LogP) is 4.96. The summed E-state index contributed by atoms with van der Waals surface area (Å²) in [5.74, 6) is -0.343. The number of carbonyl (C=O) groups excluding carboxylic acids is 2. The molecule has 2 aliphatic heterocycles. The normalized spacial score (nSPS) is 15.7. The van der Waals surface area contributed by atoms with Crippen LogP contribution in [-0.2, 0) is 22.6 Å². The smallest absolute Gasteiger partial charge is 0.278 e. The molecule has 3 aromatic carbocycles. The Bertz CT molecular complexity index is 1270. The van der Waals surface area contributed by atoms with Gasteiger partial charge in [-0.25, -0.2) is 4.39 Å². The van der Waals surface area contributed by atoms with Gasteiger partial charge in [0.2, 0.25) is 0 Å². The van der Waals surface area contributed by atoms with Gasteiger partial charge in [0, 0.05) is 12.2 Å². The Balaban J connectivity index is 1.59. The van der Waals surface area contributed by atoms with E-state index in [1.165, 1.54) is 17.0 Å². The minimum atomic E-state index is -0.360. The number of amides is 2. The van der Waals surface area contributed by atoms with E-state index >= 15 is 0 Å². The topological polar surface area (TPSA) is 49.9 Å². The van der Waals surface area contributed by atoms with Gasteiger partial charge in [0.15, 0.2) is 0 Å². The van der Waals surface area contributed by atoms with Gasteiger partial charge in [0.1, 0.15) is 17.3 Å². The van der Waals surface area contributed by atoms with E-state index in [9.17, 15) is 14.0 Å². The van der Waals surface area contributed by atoms with Gasteiger partial charge in [0.05, 0.1) is 18.7 Å². The molecule has 0 spiro atoms. The Morgan fingerprint density at radius 1 is 0.912 bits per heavy atom. The molecule has 2 amide bonds. The van der Waals surface area contributed by atoms with E-state index in [1.54, 1.807) is 12.1 Å². The minimum Gasteiger partial charge on any atom is -0.494 e. The molecule has 0 saturated heterocycles. The first-order chi connectivity index (χ1) is 16.6. The summed E-state index contributed by atoms with van der Waals surface area (Å²) in [6.07, 6.45) is 1.82. The number of hydrogen-bond donors (Lipinski definition) is 0. The van der Waals surface area contributed by atoms with Crippen molar-refractivity contribution in [2.45, 2.75) is 26.3 Å². The highest BCUT2D eigenvalue weighted by Crippen LogP contribution is 2.38. The third kappa shape index (κ3) is 3.96. The summed E-state index contributed by atoms with van der Waals surface area (Å²) < 4.78 is 18.9. The fourth-order valence-corrected chi connectivity index (χ4v) is 4.64. The monoisotopic (exact) mass is 456 g/mol. The summed E-state index contributed by atoms with van der Waals surface area (Å²) >= 11 is 0. The Kier molecular flexibility index (Phi) is 5.88. The Morgan fingerprint density at radius 3 is 2.38 bits per heavy atom. The van der Waals surface area contributed by atoms with Crippen molar-refractivity contribution < 1.29 is 18.7 Å². The Labute approximate surface area is 198 Å². The Morgan fingerprint density at radius 2 is 1.65 bits per heavy atom. The van der Waals surface area contributed by atoms with E-state index in [-0.39, 0.29) is 24.2 Å². The van der Waals surface area contributed by atoms with Crippen molar-refractivity contribution in [2.24, 2.45) is 0 Å². The summed E-state index contributed by atoms with van der Waals surface area (Å²) in [7, 11) is 0. The molecular weight excluding hydrogens is 431 g/mol. The maximum absolute atomic E-state index is 13.8. The molecule has 3 aromatic rings. The number of nitrogens with zero attached hydrogens (tertiary/aromatic N) is 2. The van der Waals surface area contributed by atoms with Crippen LogP contribution in [0.15, 0.2) is 78.5 Å². The van der Waals surface area contributed by atoms with E-state index in [0.29, 0.717) is 41.3 Å². The van der Waals surface area contributed by atoms with E-state index in [2.05, 4.69) is 6.07 Å². The van der Waals surface area contributed by atoms with Gasteiger partial charge in [-0.2, -0.15) is 0 Å². The lowest BCUT2D eigenvalue weighted by molar-refractivity contribution is -0.137. The molecule has 0 bridgehead atoms. The highest BCUT2D eigenvalue weighted by atomic mass is 19.1. The molecule has 0 atom stereocenters. The van der Waals surface area contributed by atoms with Crippen molar-refractivity contribution in [1.29, 1.82) is 0 Å². The molecule has 5 rings (SSSR count). The van der Waals surface area contributed by atoms with Crippen LogP contribution in [-0.4, -0.2) is 29.9 Å². The van der Waals surface area contributed by atoms with Crippen LogP contribution in [0.25, 0.3) is 5.57 Å². The fraction of sp³-hybridized carbons (Fsp3) is 0.214. The number of hydrogen-bond acceptors (Lipinski definition) is 4. The second kappa shape index (κ2) is 9.14. The number of imide groups is 1. The van der Waals surface area contributed by atoms with Gasteiger partial charge in [-0.05, 0) is 66.8 Å². The van der Waals surface area contributed by atoms with Crippen molar-refractivity contribution in [2.75, 3.05) is 18.1 Å². The lowest BCUT2D eigenvalue weighted by atomic mass is 9.98.